The van der Waals surface area contributed by atoms with Gasteiger partial charge in [-0.15, -0.1) is 0 Å². The van der Waals surface area contributed by atoms with E-state index in [-0.39, 0.29) is 0 Å². The third kappa shape index (κ3) is 3.57. The van der Waals surface area contributed by atoms with Crippen LogP contribution in [-0.4, -0.2) is 11.5 Å². The average molecular weight is 250 g/mol. The standard InChI is InChI=1S/C11H11FN4O2/c1-8-6-11(16(17)18)10(12)7-9(8)4-2-3-5-14-15-13/h2,4,6-7H,3,5H2,1H3. The fourth-order valence-electron chi connectivity index (χ4n) is 1.39. The second-order valence-electron chi connectivity index (χ2n) is 3.56. The smallest absolute Gasteiger partial charge is 0.258 e. The van der Waals surface area contributed by atoms with Gasteiger partial charge in [0.1, 0.15) is 0 Å². The van der Waals surface area contributed by atoms with Gasteiger partial charge in [0.25, 0.3) is 0 Å². The van der Waals surface area contributed by atoms with Crippen LogP contribution in [0, 0.1) is 22.9 Å². The van der Waals surface area contributed by atoms with E-state index in [0.717, 1.165) is 6.07 Å². The summed E-state index contributed by atoms with van der Waals surface area (Å²) in [6.45, 7) is 1.99. The average Bonchev–Trinajstić information content (AvgIpc) is 2.32. The number of hydrogen-bond acceptors (Lipinski definition) is 3. The van der Waals surface area contributed by atoms with Crippen molar-refractivity contribution in [3.8, 4) is 0 Å². The first kappa shape index (κ1) is 13.7. The molecule has 0 aromatic heterocycles. The second kappa shape index (κ2) is 6.36. The molecule has 0 bridgehead atoms. The van der Waals surface area contributed by atoms with Gasteiger partial charge in [-0.2, -0.15) is 4.39 Å². The second-order valence-corrected chi connectivity index (χ2v) is 3.56. The van der Waals surface area contributed by atoms with Crippen LogP contribution in [0.25, 0.3) is 16.5 Å². The minimum atomic E-state index is -0.861. The van der Waals surface area contributed by atoms with Gasteiger partial charge in [0.05, 0.1) is 4.92 Å². The number of rotatable bonds is 5. The van der Waals surface area contributed by atoms with E-state index in [2.05, 4.69) is 10.0 Å². The lowest BCUT2D eigenvalue weighted by Gasteiger charge is -2.01. The van der Waals surface area contributed by atoms with Gasteiger partial charge in [0.15, 0.2) is 0 Å². The van der Waals surface area contributed by atoms with E-state index >= 15 is 0 Å². The van der Waals surface area contributed by atoms with Crippen molar-refractivity contribution in [1.82, 2.24) is 0 Å². The van der Waals surface area contributed by atoms with Gasteiger partial charge >= 0.3 is 5.69 Å². The van der Waals surface area contributed by atoms with Crippen LogP contribution in [0.3, 0.4) is 0 Å². The number of azide groups is 1. The van der Waals surface area contributed by atoms with Crippen molar-refractivity contribution in [3.63, 3.8) is 0 Å². The minimum absolute atomic E-state index is 0.321. The molecule has 0 aliphatic rings. The molecule has 18 heavy (non-hydrogen) atoms. The maximum Gasteiger partial charge on any atom is 0.305 e. The summed E-state index contributed by atoms with van der Waals surface area (Å²) in [7, 11) is 0. The fraction of sp³-hybridized carbons (Fsp3) is 0.273. The summed E-state index contributed by atoms with van der Waals surface area (Å²) in [5, 5.41) is 13.9. The van der Waals surface area contributed by atoms with Crippen molar-refractivity contribution in [3.05, 3.63) is 55.7 Å². The maximum atomic E-state index is 13.4. The summed E-state index contributed by atoms with van der Waals surface area (Å²) in [6, 6.07) is 2.32. The molecule has 0 saturated carbocycles. The van der Waals surface area contributed by atoms with Crippen molar-refractivity contribution >= 4 is 11.8 Å². The van der Waals surface area contributed by atoms with E-state index in [1.807, 2.05) is 0 Å². The first-order chi connectivity index (χ1) is 8.56. The molecule has 0 spiro atoms. The van der Waals surface area contributed by atoms with Gasteiger partial charge in [0, 0.05) is 17.5 Å². The zero-order valence-corrected chi connectivity index (χ0v) is 9.71. The Hall–Kier alpha value is -2.40. The van der Waals surface area contributed by atoms with Crippen LogP contribution in [0.5, 0.6) is 0 Å². The molecule has 1 aromatic rings. The van der Waals surface area contributed by atoms with Crippen LogP contribution in [0.1, 0.15) is 17.5 Å². The van der Waals surface area contributed by atoms with Crippen LogP contribution < -0.4 is 0 Å². The number of nitrogens with zero attached hydrogens (tertiary/aromatic N) is 4. The van der Waals surface area contributed by atoms with Crippen molar-refractivity contribution < 1.29 is 9.31 Å². The summed E-state index contributed by atoms with van der Waals surface area (Å²) >= 11 is 0. The van der Waals surface area contributed by atoms with Crippen molar-refractivity contribution in [1.29, 1.82) is 0 Å². The predicted octanol–water partition coefficient (Wildman–Crippen LogP) is 3.76. The first-order valence-electron chi connectivity index (χ1n) is 5.18. The Kier molecular flexibility index (Phi) is 4.83. The molecule has 0 radical (unpaired) electrons. The van der Waals surface area contributed by atoms with Crippen LogP contribution in [0.15, 0.2) is 23.3 Å². The quantitative estimate of drug-likeness (QED) is 0.199. The van der Waals surface area contributed by atoms with Gasteiger partial charge in [0.2, 0.25) is 5.82 Å². The van der Waals surface area contributed by atoms with E-state index in [1.54, 1.807) is 19.1 Å². The van der Waals surface area contributed by atoms with Crippen LogP contribution in [0.4, 0.5) is 10.1 Å². The zero-order valence-electron chi connectivity index (χ0n) is 9.71. The largest absolute Gasteiger partial charge is 0.305 e. The van der Waals surface area contributed by atoms with E-state index in [9.17, 15) is 14.5 Å². The number of halogens is 1. The topological polar surface area (TPSA) is 91.9 Å². The molecule has 0 aliphatic heterocycles. The highest BCUT2D eigenvalue weighted by atomic mass is 19.1. The summed E-state index contributed by atoms with van der Waals surface area (Å²) in [5.41, 5.74) is 8.72. The molecule has 0 saturated heterocycles. The normalized spacial score (nSPS) is 10.3. The van der Waals surface area contributed by atoms with Gasteiger partial charge in [-0.25, -0.2) is 0 Å². The van der Waals surface area contributed by atoms with Crippen LogP contribution >= 0.6 is 0 Å². The highest BCUT2D eigenvalue weighted by Crippen LogP contribution is 2.22. The Bertz CT molecular complexity index is 536. The van der Waals surface area contributed by atoms with E-state index in [4.69, 9.17) is 5.53 Å². The third-order valence-electron chi connectivity index (χ3n) is 2.29. The number of aryl methyl sites for hydroxylation is 1. The van der Waals surface area contributed by atoms with Crippen molar-refractivity contribution in [2.45, 2.75) is 13.3 Å². The summed E-state index contributed by atoms with van der Waals surface area (Å²) in [4.78, 5) is 12.4. The lowest BCUT2D eigenvalue weighted by molar-refractivity contribution is -0.387. The molecule has 0 unspecified atom stereocenters. The van der Waals surface area contributed by atoms with Gasteiger partial charge in [-0.3, -0.25) is 10.1 Å². The van der Waals surface area contributed by atoms with E-state index in [0.29, 0.717) is 24.1 Å². The minimum Gasteiger partial charge on any atom is -0.258 e. The van der Waals surface area contributed by atoms with Gasteiger partial charge in [-0.05, 0) is 36.1 Å². The van der Waals surface area contributed by atoms with E-state index < -0.39 is 16.4 Å². The molecule has 0 heterocycles. The molecule has 1 rings (SSSR count). The van der Waals surface area contributed by atoms with Gasteiger partial charge < -0.3 is 0 Å². The molecule has 7 heteroatoms. The molecular weight excluding hydrogens is 239 g/mol. The third-order valence-corrected chi connectivity index (χ3v) is 2.29. The monoisotopic (exact) mass is 250 g/mol. The Balaban J connectivity index is 2.87. The van der Waals surface area contributed by atoms with E-state index in [1.165, 1.54) is 6.07 Å². The Morgan fingerprint density at radius 1 is 1.61 bits per heavy atom. The molecule has 0 fully saturated rings. The first-order valence-corrected chi connectivity index (χ1v) is 5.18. The molecule has 1 aromatic carbocycles. The van der Waals surface area contributed by atoms with Crippen LogP contribution in [0.2, 0.25) is 0 Å². The molecule has 0 amide bonds. The summed E-state index contributed by atoms with van der Waals surface area (Å²) in [5.74, 6) is -0.861. The molecule has 0 atom stereocenters. The molecule has 6 nitrogen and oxygen atoms in total. The van der Waals surface area contributed by atoms with Crippen molar-refractivity contribution in [2.24, 2.45) is 5.11 Å². The summed E-state index contributed by atoms with van der Waals surface area (Å²) < 4.78 is 13.4. The lowest BCUT2D eigenvalue weighted by atomic mass is 10.1. The van der Waals surface area contributed by atoms with Gasteiger partial charge in [-0.1, -0.05) is 17.3 Å². The van der Waals surface area contributed by atoms with Crippen molar-refractivity contribution in [2.75, 3.05) is 6.54 Å². The number of benzene rings is 1. The SMILES string of the molecule is Cc1cc([N+](=O)[O-])c(F)cc1C=CCCN=[N+]=[N-]. The summed E-state index contributed by atoms with van der Waals surface area (Å²) in [6.07, 6.45) is 3.90. The maximum absolute atomic E-state index is 13.4. The Labute approximate surface area is 103 Å². The number of nitro benzene ring substituents is 1. The molecular formula is C11H11FN4O2. The lowest BCUT2D eigenvalue weighted by Crippen LogP contribution is -1.95. The zero-order chi connectivity index (χ0) is 13.5. The fourth-order valence-corrected chi connectivity index (χ4v) is 1.39. The highest BCUT2D eigenvalue weighted by Gasteiger charge is 2.15. The Morgan fingerprint density at radius 2 is 2.33 bits per heavy atom. The predicted molar refractivity (Wildman–Crippen MR) is 65.5 cm³/mol. The van der Waals surface area contributed by atoms with Crippen LogP contribution in [-0.2, 0) is 0 Å². The molecule has 0 N–H and O–H groups in total. The number of nitro groups is 1. The molecule has 0 aliphatic carbocycles. The molecule has 94 valence electrons. The number of hydrogen-bond donors (Lipinski definition) is 0. The highest BCUT2D eigenvalue weighted by molar-refractivity contribution is 5.57. The Morgan fingerprint density at radius 3 is 2.94 bits per heavy atom.